The van der Waals surface area contributed by atoms with Gasteiger partial charge in [-0.3, -0.25) is 4.79 Å². The van der Waals surface area contributed by atoms with Gasteiger partial charge in [0.15, 0.2) is 0 Å². The molecule has 2 N–H and O–H groups in total. The van der Waals surface area contributed by atoms with Crippen LogP contribution in [0.15, 0.2) is 48.5 Å². The van der Waals surface area contributed by atoms with Crippen molar-refractivity contribution in [1.82, 2.24) is 10.2 Å². The Morgan fingerprint density at radius 1 is 1.06 bits per heavy atom. The number of aliphatic carboxylic acids is 1. The molecule has 1 saturated heterocycles. The third-order valence-electron chi connectivity index (χ3n) is 7.95. The van der Waals surface area contributed by atoms with Crippen LogP contribution in [0.1, 0.15) is 62.5 Å². The number of carbonyl (C=O) groups excluding carboxylic acids is 2. The Labute approximate surface area is 205 Å². The average molecular weight is 477 g/mol. The molecule has 0 radical (unpaired) electrons. The summed E-state index contributed by atoms with van der Waals surface area (Å²) < 4.78 is 5.66. The zero-order valence-electron chi connectivity index (χ0n) is 20.0. The van der Waals surface area contributed by atoms with E-state index in [0.29, 0.717) is 31.7 Å². The predicted molar refractivity (Wildman–Crippen MR) is 131 cm³/mol. The number of amides is 2. The highest BCUT2D eigenvalue weighted by molar-refractivity contribution is 5.85. The zero-order valence-corrected chi connectivity index (χ0v) is 20.0. The molecule has 35 heavy (non-hydrogen) atoms. The van der Waals surface area contributed by atoms with Crippen LogP contribution in [-0.2, 0) is 14.3 Å². The normalized spacial score (nSPS) is 22.1. The van der Waals surface area contributed by atoms with E-state index in [1.807, 2.05) is 24.3 Å². The summed E-state index contributed by atoms with van der Waals surface area (Å²) in [6.07, 6.45) is 3.18. The summed E-state index contributed by atoms with van der Waals surface area (Å²) in [7, 11) is 0. The molecule has 7 heteroatoms. The summed E-state index contributed by atoms with van der Waals surface area (Å²) in [4.78, 5) is 39.1. The van der Waals surface area contributed by atoms with Gasteiger partial charge < -0.3 is 20.1 Å². The number of hydrogen-bond donors (Lipinski definition) is 2. The number of fused-ring (bicyclic) bond motifs is 3. The lowest BCUT2D eigenvalue weighted by molar-refractivity contribution is -0.153. The summed E-state index contributed by atoms with van der Waals surface area (Å²) in [6.45, 7) is 2.73. The van der Waals surface area contributed by atoms with E-state index < -0.39 is 23.6 Å². The number of carboxylic acids is 1. The number of benzene rings is 2. The van der Waals surface area contributed by atoms with Crippen molar-refractivity contribution in [3.05, 3.63) is 59.7 Å². The molecule has 5 rings (SSSR count). The van der Waals surface area contributed by atoms with Gasteiger partial charge >= 0.3 is 12.1 Å². The summed E-state index contributed by atoms with van der Waals surface area (Å²) in [5.74, 6) is -0.857. The van der Waals surface area contributed by atoms with Gasteiger partial charge in [0, 0.05) is 12.5 Å². The van der Waals surface area contributed by atoms with Crippen LogP contribution in [0.25, 0.3) is 11.1 Å². The van der Waals surface area contributed by atoms with E-state index >= 15 is 0 Å². The Hall–Kier alpha value is -3.35. The number of carbonyl (C=O) groups is 3. The first-order chi connectivity index (χ1) is 16.9. The average Bonchev–Trinajstić information content (AvgIpc) is 3.54. The van der Waals surface area contributed by atoms with E-state index in [4.69, 9.17) is 4.74 Å². The molecule has 0 aromatic heterocycles. The zero-order chi connectivity index (χ0) is 24.6. The molecule has 3 aliphatic rings. The quantitative estimate of drug-likeness (QED) is 0.611. The highest BCUT2D eigenvalue weighted by atomic mass is 16.5. The second kappa shape index (κ2) is 9.36. The van der Waals surface area contributed by atoms with Crippen molar-refractivity contribution in [2.24, 2.45) is 5.92 Å². The monoisotopic (exact) mass is 476 g/mol. The number of hydrogen-bond acceptors (Lipinski definition) is 4. The van der Waals surface area contributed by atoms with Gasteiger partial charge in [0.25, 0.3) is 0 Å². The minimum absolute atomic E-state index is 0.0267. The lowest BCUT2D eigenvalue weighted by Gasteiger charge is -2.37. The number of alkyl carbamates (subject to hydrolysis) is 1. The molecule has 1 saturated carbocycles. The molecule has 0 bridgehead atoms. The van der Waals surface area contributed by atoms with Crippen molar-refractivity contribution in [2.75, 3.05) is 13.2 Å². The maximum Gasteiger partial charge on any atom is 0.407 e. The first-order valence-electron chi connectivity index (χ1n) is 12.6. The van der Waals surface area contributed by atoms with E-state index in [1.165, 1.54) is 16.0 Å². The van der Waals surface area contributed by atoms with Gasteiger partial charge in [-0.25, -0.2) is 9.59 Å². The minimum Gasteiger partial charge on any atom is -0.480 e. The summed E-state index contributed by atoms with van der Waals surface area (Å²) >= 11 is 0. The molecule has 2 aromatic carbocycles. The highest BCUT2D eigenvalue weighted by Crippen LogP contribution is 2.45. The van der Waals surface area contributed by atoms with Gasteiger partial charge in [-0.15, -0.1) is 0 Å². The van der Waals surface area contributed by atoms with E-state index in [9.17, 15) is 19.5 Å². The number of likely N-dealkylation sites (tertiary alicyclic amines) is 1. The molecular weight excluding hydrogens is 444 g/mol. The van der Waals surface area contributed by atoms with Gasteiger partial charge in [0.2, 0.25) is 5.91 Å². The summed E-state index contributed by atoms with van der Waals surface area (Å²) in [5, 5.41) is 12.6. The van der Waals surface area contributed by atoms with Crippen LogP contribution in [-0.4, -0.2) is 52.7 Å². The number of rotatable bonds is 7. The standard InChI is InChI=1S/C28H32N2O5/c1-2-18-11-14-30(24(15-18)26(32)33)25(31)16-28(12-13-28)29-27(34)35-17-23-21-9-5-3-7-19(21)20-8-4-6-10-22(20)23/h3-10,18,23-24H,2,11-17H2,1H3,(H,29,34)(H,32,33). The molecule has 2 atom stereocenters. The molecule has 2 aromatic rings. The molecule has 2 unspecified atom stereocenters. The topological polar surface area (TPSA) is 95.9 Å². The maximum absolute atomic E-state index is 13.1. The SMILES string of the molecule is CCC1CCN(C(=O)CC2(NC(=O)OCC3c4ccccc4-c4ccccc43)CC2)C(C(=O)O)C1. The summed E-state index contributed by atoms with van der Waals surface area (Å²) in [5.41, 5.74) is 3.99. The molecule has 184 valence electrons. The number of piperidine rings is 1. The molecule has 2 amide bonds. The van der Waals surface area contributed by atoms with Gasteiger partial charge in [0.1, 0.15) is 12.6 Å². The molecule has 1 heterocycles. The predicted octanol–water partition coefficient (Wildman–Crippen LogP) is 4.55. The second-order valence-electron chi connectivity index (χ2n) is 10.1. The molecule has 2 fully saturated rings. The number of nitrogens with one attached hydrogen (secondary N) is 1. The minimum atomic E-state index is -0.953. The van der Waals surface area contributed by atoms with Crippen molar-refractivity contribution in [1.29, 1.82) is 0 Å². The van der Waals surface area contributed by atoms with Crippen LogP contribution in [0.2, 0.25) is 0 Å². The smallest absolute Gasteiger partial charge is 0.407 e. The fraction of sp³-hybridized carbons (Fsp3) is 0.464. The van der Waals surface area contributed by atoms with Gasteiger partial charge in [0.05, 0.1) is 12.0 Å². The maximum atomic E-state index is 13.1. The van der Waals surface area contributed by atoms with E-state index in [-0.39, 0.29) is 24.9 Å². The van der Waals surface area contributed by atoms with E-state index in [1.54, 1.807) is 0 Å². The fourth-order valence-electron chi connectivity index (χ4n) is 5.68. The van der Waals surface area contributed by atoms with Crippen LogP contribution in [0, 0.1) is 5.92 Å². The van der Waals surface area contributed by atoms with Crippen LogP contribution >= 0.6 is 0 Å². The Morgan fingerprint density at radius 2 is 1.69 bits per heavy atom. The Kier molecular flexibility index (Phi) is 6.26. The van der Waals surface area contributed by atoms with E-state index in [2.05, 4.69) is 36.5 Å². The molecule has 1 aliphatic heterocycles. The summed E-state index contributed by atoms with van der Waals surface area (Å²) in [6, 6.07) is 15.6. The highest BCUT2D eigenvalue weighted by Gasteiger charge is 2.48. The lowest BCUT2D eigenvalue weighted by Crippen LogP contribution is -2.52. The van der Waals surface area contributed by atoms with Crippen LogP contribution in [0.5, 0.6) is 0 Å². The Morgan fingerprint density at radius 3 is 2.26 bits per heavy atom. The van der Waals surface area contributed by atoms with Crippen LogP contribution in [0.4, 0.5) is 4.79 Å². The molecule has 0 spiro atoms. The van der Waals surface area contributed by atoms with Crippen molar-refractivity contribution in [3.8, 4) is 11.1 Å². The largest absolute Gasteiger partial charge is 0.480 e. The van der Waals surface area contributed by atoms with Gasteiger partial charge in [-0.05, 0) is 53.9 Å². The number of carboxylic acid groups (broad SMARTS) is 1. The molecular formula is C28H32N2O5. The second-order valence-corrected chi connectivity index (χ2v) is 10.1. The first kappa shape index (κ1) is 23.4. The van der Waals surface area contributed by atoms with Crippen LogP contribution in [0.3, 0.4) is 0 Å². The first-order valence-corrected chi connectivity index (χ1v) is 12.6. The number of nitrogens with zero attached hydrogens (tertiary/aromatic N) is 1. The lowest BCUT2D eigenvalue weighted by atomic mass is 9.88. The van der Waals surface area contributed by atoms with Crippen molar-refractivity contribution < 1.29 is 24.2 Å². The van der Waals surface area contributed by atoms with Crippen molar-refractivity contribution >= 4 is 18.0 Å². The Bertz CT molecular complexity index is 1100. The van der Waals surface area contributed by atoms with E-state index in [0.717, 1.165) is 24.0 Å². The Balaban J connectivity index is 1.19. The molecule has 7 nitrogen and oxygen atoms in total. The van der Waals surface area contributed by atoms with Crippen molar-refractivity contribution in [2.45, 2.75) is 62.9 Å². The van der Waals surface area contributed by atoms with Gasteiger partial charge in [-0.1, -0.05) is 61.9 Å². The van der Waals surface area contributed by atoms with Gasteiger partial charge in [-0.2, -0.15) is 0 Å². The third kappa shape index (κ3) is 4.64. The number of ether oxygens (including phenoxy) is 1. The van der Waals surface area contributed by atoms with Crippen LogP contribution < -0.4 is 5.32 Å². The third-order valence-corrected chi connectivity index (χ3v) is 7.95. The van der Waals surface area contributed by atoms with Crippen molar-refractivity contribution in [3.63, 3.8) is 0 Å². The fourth-order valence-corrected chi connectivity index (χ4v) is 5.68. The molecule has 2 aliphatic carbocycles.